The van der Waals surface area contributed by atoms with Gasteiger partial charge in [0.1, 0.15) is 0 Å². The van der Waals surface area contributed by atoms with E-state index in [1.165, 1.54) is 18.3 Å². The Morgan fingerprint density at radius 2 is 2.00 bits per heavy atom. The average Bonchev–Trinajstić information content (AvgIpc) is 3.16. The number of oxazole rings is 1. The lowest BCUT2D eigenvalue weighted by atomic mass is 10.2. The third kappa shape index (κ3) is 4.47. The van der Waals surface area contributed by atoms with Gasteiger partial charge in [-0.25, -0.2) is 9.78 Å². The van der Waals surface area contributed by atoms with E-state index in [9.17, 15) is 14.9 Å². The van der Waals surface area contributed by atoms with Crippen molar-refractivity contribution in [2.24, 2.45) is 0 Å². The largest absolute Gasteiger partial charge is 0.487 e. The zero-order chi connectivity index (χ0) is 20.1. The topological polar surface area (TPSA) is 105 Å². The Bertz CT molecular complexity index is 1000. The van der Waals surface area contributed by atoms with E-state index >= 15 is 0 Å². The maximum atomic E-state index is 12.2. The Hall–Kier alpha value is -3.39. The summed E-state index contributed by atoms with van der Waals surface area (Å²) in [7, 11) is 0. The van der Waals surface area contributed by atoms with E-state index in [0.717, 1.165) is 11.6 Å². The molecule has 0 amide bonds. The molecular formula is C19H15ClN2O6. The predicted octanol–water partition coefficient (Wildman–Crippen LogP) is 4.66. The summed E-state index contributed by atoms with van der Waals surface area (Å²) in [6, 6.07) is 10.9. The third-order valence-corrected chi connectivity index (χ3v) is 3.95. The Kier molecular flexibility index (Phi) is 5.90. The molecule has 0 aliphatic heterocycles. The molecule has 9 heteroatoms. The highest BCUT2D eigenvalue weighted by Gasteiger charge is 2.20. The fourth-order valence-corrected chi connectivity index (χ4v) is 2.53. The molecule has 0 aliphatic rings. The molecule has 0 saturated carbocycles. The first kappa shape index (κ1) is 19.4. The summed E-state index contributed by atoms with van der Waals surface area (Å²) in [5, 5.41) is 11.7. The number of hydrogen-bond donors (Lipinski definition) is 0. The number of rotatable bonds is 7. The number of nitrogens with zero attached hydrogens (tertiary/aromatic N) is 2. The quantitative estimate of drug-likeness (QED) is 0.321. The van der Waals surface area contributed by atoms with Crippen LogP contribution in [0.1, 0.15) is 23.2 Å². The van der Waals surface area contributed by atoms with Gasteiger partial charge in [0.2, 0.25) is 5.89 Å². The number of nitro benzene ring substituents is 1. The van der Waals surface area contributed by atoms with Crippen molar-refractivity contribution in [2.45, 2.75) is 13.5 Å². The first-order valence-electron chi connectivity index (χ1n) is 8.27. The molecule has 0 fully saturated rings. The van der Waals surface area contributed by atoms with E-state index in [1.54, 1.807) is 31.2 Å². The van der Waals surface area contributed by atoms with Gasteiger partial charge < -0.3 is 13.9 Å². The molecule has 0 atom stereocenters. The minimum absolute atomic E-state index is 0.0274. The Labute approximate surface area is 164 Å². The summed E-state index contributed by atoms with van der Waals surface area (Å²) in [5.74, 6) is 0.0416. The highest BCUT2D eigenvalue weighted by Crippen LogP contribution is 2.28. The van der Waals surface area contributed by atoms with Gasteiger partial charge in [-0.1, -0.05) is 11.6 Å². The fourth-order valence-electron chi connectivity index (χ4n) is 2.40. The highest BCUT2D eigenvalue weighted by molar-refractivity contribution is 6.30. The van der Waals surface area contributed by atoms with Crippen LogP contribution in [0, 0.1) is 10.1 Å². The van der Waals surface area contributed by atoms with Crippen molar-refractivity contribution in [1.82, 2.24) is 4.98 Å². The molecule has 28 heavy (non-hydrogen) atoms. The summed E-state index contributed by atoms with van der Waals surface area (Å²) in [6.07, 6.45) is 1.51. The minimum atomic E-state index is -0.739. The number of hydrogen-bond acceptors (Lipinski definition) is 7. The molecule has 144 valence electrons. The molecular weight excluding hydrogens is 388 g/mol. The van der Waals surface area contributed by atoms with Crippen molar-refractivity contribution in [3.05, 3.63) is 75.3 Å². The molecule has 1 heterocycles. The number of aromatic nitrogens is 1. The van der Waals surface area contributed by atoms with E-state index in [4.69, 9.17) is 25.5 Å². The van der Waals surface area contributed by atoms with E-state index in [0.29, 0.717) is 10.8 Å². The van der Waals surface area contributed by atoms with Gasteiger partial charge in [-0.15, -0.1) is 0 Å². The van der Waals surface area contributed by atoms with Crippen molar-refractivity contribution in [3.63, 3.8) is 0 Å². The zero-order valence-electron chi connectivity index (χ0n) is 14.8. The molecule has 0 spiro atoms. The molecule has 2 aromatic carbocycles. The van der Waals surface area contributed by atoms with Crippen LogP contribution in [-0.2, 0) is 11.3 Å². The molecule has 0 bridgehead atoms. The van der Waals surface area contributed by atoms with E-state index < -0.39 is 10.9 Å². The molecule has 0 aliphatic carbocycles. The summed E-state index contributed by atoms with van der Waals surface area (Å²) in [5.41, 5.74) is 0.494. The summed E-state index contributed by atoms with van der Waals surface area (Å²) >= 11 is 5.85. The molecule has 8 nitrogen and oxygen atoms in total. The van der Waals surface area contributed by atoms with Crippen LogP contribution in [0.15, 0.2) is 53.1 Å². The second-order valence-corrected chi connectivity index (χ2v) is 6.01. The maximum absolute atomic E-state index is 12.2. The lowest BCUT2D eigenvalue weighted by molar-refractivity contribution is -0.385. The smallest absolute Gasteiger partial charge is 0.338 e. The standard InChI is InChI=1S/C19H15ClN2O6/c1-2-26-16-8-5-13(9-15(16)22(24)25)19(23)27-11-18-21-10-17(28-18)12-3-6-14(20)7-4-12/h3-10H,2,11H2,1H3. The lowest BCUT2D eigenvalue weighted by Gasteiger charge is -2.06. The van der Waals surface area contributed by atoms with Gasteiger partial charge in [-0.2, -0.15) is 0 Å². The van der Waals surface area contributed by atoms with Crippen molar-refractivity contribution < 1.29 is 23.6 Å². The van der Waals surface area contributed by atoms with Crippen LogP contribution >= 0.6 is 11.6 Å². The Balaban J connectivity index is 1.68. The van der Waals surface area contributed by atoms with Crippen LogP contribution in [0.2, 0.25) is 5.02 Å². The highest BCUT2D eigenvalue weighted by atomic mass is 35.5. The van der Waals surface area contributed by atoms with Crippen LogP contribution in [0.3, 0.4) is 0 Å². The average molecular weight is 403 g/mol. The Morgan fingerprint density at radius 3 is 2.68 bits per heavy atom. The van der Waals surface area contributed by atoms with E-state index in [1.807, 2.05) is 0 Å². The monoisotopic (exact) mass is 402 g/mol. The summed E-state index contributed by atoms with van der Waals surface area (Å²) in [4.78, 5) is 26.8. The minimum Gasteiger partial charge on any atom is -0.487 e. The molecule has 1 aromatic heterocycles. The van der Waals surface area contributed by atoms with Gasteiger partial charge in [0.15, 0.2) is 18.1 Å². The van der Waals surface area contributed by atoms with Gasteiger partial charge in [0.05, 0.1) is 23.3 Å². The second-order valence-electron chi connectivity index (χ2n) is 5.57. The number of halogens is 1. The van der Waals surface area contributed by atoms with Gasteiger partial charge in [-0.3, -0.25) is 10.1 Å². The van der Waals surface area contributed by atoms with Crippen LogP contribution in [0.4, 0.5) is 5.69 Å². The van der Waals surface area contributed by atoms with Crippen LogP contribution in [0.5, 0.6) is 5.75 Å². The van der Waals surface area contributed by atoms with Crippen molar-refractivity contribution in [2.75, 3.05) is 6.61 Å². The van der Waals surface area contributed by atoms with Gasteiger partial charge >= 0.3 is 11.7 Å². The number of esters is 1. The van der Waals surface area contributed by atoms with E-state index in [2.05, 4.69) is 4.98 Å². The second kappa shape index (κ2) is 8.53. The normalized spacial score (nSPS) is 10.5. The van der Waals surface area contributed by atoms with Crippen molar-refractivity contribution in [3.8, 4) is 17.1 Å². The molecule has 0 radical (unpaired) electrons. The lowest BCUT2D eigenvalue weighted by Crippen LogP contribution is -2.07. The fraction of sp³-hybridized carbons (Fsp3) is 0.158. The number of carbonyl (C=O) groups excluding carboxylic acids is 1. The number of ether oxygens (including phenoxy) is 2. The predicted molar refractivity (Wildman–Crippen MR) is 100 cm³/mol. The SMILES string of the molecule is CCOc1ccc(C(=O)OCc2ncc(-c3ccc(Cl)cc3)o2)cc1[N+](=O)[O-]. The van der Waals surface area contributed by atoms with Crippen molar-refractivity contribution in [1.29, 1.82) is 0 Å². The molecule has 0 saturated heterocycles. The zero-order valence-corrected chi connectivity index (χ0v) is 15.5. The number of carbonyl (C=O) groups is 1. The molecule has 0 N–H and O–H groups in total. The molecule has 0 unspecified atom stereocenters. The molecule has 3 rings (SSSR count). The van der Waals surface area contributed by atoms with Gasteiger partial charge in [-0.05, 0) is 43.3 Å². The first-order chi connectivity index (χ1) is 13.5. The first-order valence-corrected chi connectivity index (χ1v) is 8.64. The number of benzene rings is 2. The van der Waals surface area contributed by atoms with Gasteiger partial charge in [0.25, 0.3) is 0 Å². The summed E-state index contributed by atoms with van der Waals surface area (Å²) < 4.78 is 15.9. The summed E-state index contributed by atoms with van der Waals surface area (Å²) in [6.45, 7) is 1.76. The van der Waals surface area contributed by atoms with Crippen LogP contribution in [0.25, 0.3) is 11.3 Å². The van der Waals surface area contributed by atoms with Crippen LogP contribution < -0.4 is 4.74 Å². The molecule has 3 aromatic rings. The number of nitro groups is 1. The van der Waals surface area contributed by atoms with E-state index in [-0.39, 0.29) is 36.1 Å². The maximum Gasteiger partial charge on any atom is 0.338 e. The van der Waals surface area contributed by atoms with Crippen LogP contribution in [-0.4, -0.2) is 22.5 Å². The third-order valence-electron chi connectivity index (χ3n) is 3.70. The van der Waals surface area contributed by atoms with Gasteiger partial charge in [0, 0.05) is 16.7 Å². The Morgan fingerprint density at radius 1 is 1.25 bits per heavy atom. The van der Waals surface area contributed by atoms with Crippen molar-refractivity contribution >= 4 is 23.3 Å².